The summed E-state index contributed by atoms with van der Waals surface area (Å²) in [6.07, 6.45) is 0. The minimum atomic E-state index is -3.74. The monoisotopic (exact) mass is 503 g/mol. The molecular weight excluding hydrogens is 474 g/mol. The van der Waals surface area contributed by atoms with Crippen LogP contribution in [0.1, 0.15) is 18.1 Å². The van der Waals surface area contributed by atoms with Crippen LogP contribution >= 0.6 is 11.8 Å². The number of morpholine rings is 1. The normalized spacial score (nSPS) is 19.4. The Morgan fingerprint density at radius 2 is 1.82 bits per heavy atom. The molecule has 2 amide bonds. The van der Waals surface area contributed by atoms with E-state index in [1.807, 2.05) is 39.0 Å². The molecule has 0 spiro atoms. The van der Waals surface area contributed by atoms with Gasteiger partial charge in [0, 0.05) is 35.3 Å². The zero-order valence-corrected chi connectivity index (χ0v) is 21.2. The van der Waals surface area contributed by atoms with Crippen molar-refractivity contribution in [2.45, 2.75) is 30.6 Å². The molecule has 0 saturated carbocycles. The minimum absolute atomic E-state index is 0.108. The number of hydrogen-bond donors (Lipinski definition) is 1. The van der Waals surface area contributed by atoms with Crippen molar-refractivity contribution in [2.75, 3.05) is 48.8 Å². The number of nitrogens with one attached hydrogen (secondary N) is 1. The Bertz CT molecular complexity index is 1190. The molecule has 1 fully saturated rings. The number of benzene rings is 2. The van der Waals surface area contributed by atoms with E-state index in [1.54, 1.807) is 12.1 Å². The SMILES string of the molecule is Cc1cccc(C)c1NC(=O)CN1C(=O)[C@H](C)CSc2ccc(S(=O)(=O)N3CCOCC3)cc21. The van der Waals surface area contributed by atoms with Crippen LogP contribution in [0.25, 0.3) is 0 Å². The predicted molar refractivity (Wildman–Crippen MR) is 133 cm³/mol. The smallest absolute Gasteiger partial charge is 0.244 e. The third-order valence-electron chi connectivity index (χ3n) is 6.05. The van der Waals surface area contributed by atoms with Crippen LogP contribution in [0.3, 0.4) is 0 Å². The van der Waals surface area contributed by atoms with E-state index in [-0.39, 0.29) is 42.3 Å². The summed E-state index contributed by atoms with van der Waals surface area (Å²) in [5.41, 5.74) is 3.03. The highest BCUT2D eigenvalue weighted by Gasteiger charge is 2.33. The molecule has 0 aliphatic carbocycles. The van der Waals surface area contributed by atoms with E-state index in [1.165, 1.54) is 27.0 Å². The lowest BCUT2D eigenvalue weighted by atomic mass is 10.1. The Balaban J connectivity index is 1.66. The van der Waals surface area contributed by atoms with Gasteiger partial charge in [0.05, 0.1) is 23.8 Å². The zero-order chi connectivity index (χ0) is 24.5. The Hall–Kier alpha value is -2.40. The third-order valence-corrected chi connectivity index (χ3v) is 9.27. The topological polar surface area (TPSA) is 96.0 Å². The van der Waals surface area contributed by atoms with Crippen molar-refractivity contribution >= 4 is 45.0 Å². The molecule has 1 atom stereocenters. The van der Waals surface area contributed by atoms with Gasteiger partial charge in [0.2, 0.25) is 21.8 Å². The molecule has 2 heterocycles. The van der Waals surface area contributed by atoms with Crippen LogP contribution in [0, 0.1) is 19.8 Å². The average molecular weight is 504 g/mol. The molecule has 182 valence electrons. The lowest BCUT2D eigenvalue weighted by Crippen LogP contribution is -2.42. The second kappa shape index (κ2) is 10.1. The average Bonchev–Trinajstić information content (AvgIpc) is 2.94. The van der Waals surface area contributed by atoms with Crippen LogP contribution < -0.4 is 10.2 Å². The molecule has 0 aromatic heterocycles. The van der Waals surface area contributed by atoms with Crippen molar-refractivity contribution in [2.24, 2.45) is 5.92 Å². The largest absolute Gasteiger partial charge is 0.379 e. The fourth-order valence-corrected chi connectivity index (χ4v) is 6.58. The van der Waals surface area contributed by atoms with Crippen LogP contribution in [-0.2, 0) is 24.3 Å². The zero-order valence-electron chi connectivity index (χ0n) is 19.5. The molecule has 0 bridgehead atoms. The van der Waals surface area contributed by atoms with Gasteiger partial charge in [-0.25, -0.2) is 8.42 Å². The molecule has 4 rings (SSSR count). The maximum absolute atomic E-state index is 13.2. The number of sulfonamides is 1. The summed E-state index contributed by atoms with van der Waals surface area (Å²) in [5, 5.41) is 2.93. The number of hydrogen-bond acceptors (Lipinski definition) is 6. The summed E-state index contributed by atoms with van der Waals surface area (Å²) in [6, 6.07) is 10.6. The predicted octanol–water partition coefficient (Wildman–Crippen LogP) is 3.04. The quantitative estimate of drug-likeness (QED) is 0.674. The number of ether oxygens (including phenoxy) is 1. The van der Waals surface area contributed by atoms with Gasteiger partial charge in [-0.05, 0) is 43.2 Å². The number of fused-ring (bicyclic) bond motifs is 1. The first kappa shape index (κ1) is 24.7. The second-order valence-corrected chi connectivity index (χ2v) is 11.6. The summed E-state index contributed by atoms with van der Waals surface area (Å²) in [6.45, 7) is 6.71. The number of amides is 2. The number of carbonyl (C=O) groups is 2. The molecular formula is C24H29N3O5S2. The Morgan fingerprint density at radius 1 is 1.15 bits per heavy atom. The van der Waals surface area contributed by atoms with E-state index in [0.29, 0.717) is 24.7 Å². The van der Waals surface area contributed by atoms with Crippen molar-refractivity contribution in [3.63, 3.8) is 0 Å². The lowest BCUT2D eigenvalue weighted by Gasteiger charge is -2.28. The van der Waals surface area contributed by atoms with Gasteiger partial charge < -0.3 is 15.0 Å². The molecule has 0 unspecified atom stereocenters. The van der Waals surface area contributed by atoms with Crippen molar-refractivity contribution < 1.29 is 22.7 Å². The van der Waals surface area contributed by atoms with Crippen molar-refractivity contribution in [3.05, 3.63) is 47.5 Å². The Labute approximate surface area is 204 Å². The van der Waals surface area contributed by atoms with Crippen LogP contribution in [0.5, 0.6) is 0 Å². The van der Waals surface area contributed by atoms with Gasteiger partial charge in [-0.2, -0.15) is 4.31 Å². The number of carbonyl (C=O) groups excluding carboxylic acids is 2. The highest BCUT2D eigenvalue weighted by atomic mass is 32.2. The summed E-state index contributed by atoms with van der Waals surface area (Å²) >= 11 is 1.49. The molecule has 2 aromatic rings. The maximum Gasteiger partial charge on any atom is 0.244 e. The first-order valence-electron chi connectivity index (χ1n) is 11.2. The fourth-order valence-electron chi connectivity index (χ4n) is 4.09. The molecule has 1 saturated heterocycles. The standard InChI is InChI=1S/C24H29N3O5S2/c1-16-5-4-6-17(2)23(16)25-22(28)14-27-20-13-19(34(30,31)26-9-11-32-12-10-26)7-8-21(20)33-15-18(3)24(27)29/h4-8,13,18H,9-12,14-15H2,1-3H3,(H,25,28)/t18-/m1/s1. The van der Waals surface area contributed by atoms with Gasteiger partial charge in [0.25, 0.3) is 0 Å². The maximum atomic E-state index is 13.2. The summed E-state index contributed by atoms with van der Waals surface area (Å²) in [5.74, 6) is -0.304. The highest BCUT2D eigenvalue weighted by Crippen LogP contribution is 2.38. The molecule has 2 aromatic carbocycles. The molecule has 10 heteroatoms. The van der Waals surface area contributed by atoms with E-state index in [0.717, 1.165) is 21.7 Å². The summed E-state index contributed by atoms with van der Waals surface area (Å²) < 4.78 is 33.1. The van der Waals surface area contributed by atoms with Gasteiger partial charge in [-0.1, -0.05) is 25.1 Å². The van der Waals surface area contributed by atoms with Crippen LogP contribution in [-0.4, -0.2) is 63.1 Å². The second-order valence-electron chi connectivity index (χ2n) is 8.60. The first-order valence-corrected chi connectivity index (χ1v) is 13.6. The Morgan fingerprint density at radius 3 is 2.50 bits per heavy atom. The van der Waals surface area contributed by atoms with E-state index in [4.69, 9.17) is 4.74 Å². The lowest BCUT2D eigenvalue weighted by molar-refractivity contribution is -0.123. The molecule has 2 aliphatic heterocycles. The summed E-state index contributed by atoms with van der Waals surface area (Å²) in [4.78, 5) is 28.6. The van der Waals surface area contributed by atoms with Gasteiger partial charge in [-0.15, -0.1) is 11.8 Å². The number of nitrogens with zero attached hydrogens (tertiary/aromatic N) is 2. The van der Waals surface area contributed by atoms with Crippen LogP contribution in [0.4, 0.5) is 11.4 Å². The van der Waals surface area contributed by atoms with Crippen LogP contribution in [0.15, 0.2) is 46.2 Å². The number of anilines is 2. The number of rotatable bonds is 5. The number of thioether (sulfide) groups is 1. The minimum Gasteiger partial charge on any atom is -0.379 e. The molecule has 1 N–H and O–H groups in total. The van der Waals surface area contributed by atoms with Crippen molar-refractivity contribution in [1.29, 1.82) is 0 Å². The summed E-state index contributed by atoms with van der Waals surface area (Å²) in [7, 11) is -3.74. The molecule has 34 heavy (non-hydrogen) atoms. The van der Waals surface area contributed by atoms with Crippen molar-refractivity contribution in [1.82, 2.24) is 4.31 Å². The van der Waals surface area contributed by atoms with E-state index >= 15 is 0 Å². The van der Waals surface area contributed by atoms with E-state index in [2.05, 4.69) is 5.32 Å². The van der Waals surface area contributed by atoms with E-state index < -0.39 is 10.0 Å². The molecule has 8 nitrogen and oxygen atoms in total. The van der Waals surface area contributed by atoms with Gasteiger partial charge in [0.1, 0.15) is 6.54 Å². The van der Waals surface area contributed by atoms with Gasteiger partial charge in [-0.3, -0.25) is 9.59 Å². The van der Waals surface area contributed by atoms with E-state index in [9.17, 15) is 18.0 Å². The first-order chi connectivity index (χ1) is 16.2. The fraction of sp³-hybridized carbons (Fsp3) is 0.417. The van der Waals surface area contributed by atoms with Crippen molar-refractivity contribution in [3.8, 4) is 0 Å². The van der Waals surface area contributed by atoms with Gasteiger partial charge in [0.15, 0.2) is 0 Å². The highest BCUT2D eigenvalue weighted by molar-refractivity contribution is 7.99. The van der Waals surface area contributed by atoms with Gasteiger partial charge >= 0.3 is 0 Å². The number of para-hydroxylation sites is 1. The molecule has 2 aliphatic rings. The number of aryl methyl sites for hydroxylation is 2. The molecule has 0 radical (unpaired) electrons. The Kier molecular flexibility index (Phi) is 7.32. The third kappa shape index (κ3) is 5.00. The van der Waals surface area contributed by atoms with Crippen LogP contribution in [0.2, 0.25) is 0 Å².